The normalized spacial score (nSPS) is 10.5. The van der Waals surface area contributed by atoms with Gasteiger partial charge >= 0.3 is 5.69 Å². The molecule has 0 bridgehead atoms. The maximum atomic E-state index is 10.8. The first-order valence-corrected chi connectivity index (χ1v) is 5.23. The summed E-state index contributed by atoms with van der Waals surface area (Å²) < 4.78 is 8.44. The Kier molecular flexibility index (Phi) is 2.50. The lowest BCUT2D eigenvalue weighted by atomic mass is 10.2. The highest BCUT2D eigenvalue weighted by atomic mass is 79.9. The van der Waals surface area contributed by atoms with Crippen molar-refractivity contribution in [2.45, 2.75) is 0 Å². The summed E-state index contributed by atoms with van der Waals surface area (Å²) in [4.78, 5) is 10.3. The zero-order chi connectivity index (χ0) is 11.0. The van der Waals surface area contributed by atoms with Crippen LogP contribution < -0.4 is 11.3 Å². The lowest BCUT2D eigenvalue weighted by molar-refractivity contribution is -0.382. The minimum atomic E-state index is -0.536. The number of hydrazine groups is 1. The number of nitrogen functional groups attached to an aromatic ring is 1. The van der Waals surface area contributed by atoms with Gasteiger partial charge in [0, 0.05) is 4.47 Å². The van der Waals surface area contributed by atoms with Gasteiger partial charge < -0.3 is 5.43 Å². The Bertz CT molecular complexity index is 542. The number of halogens is 1. The second kappa shape index (κ2) is 3.68. The number of nitrogens with one attached hydrogen (secondary N) is 1. The summed E-state index contributed by atoms with van der Waals surface area (Å²) in [6.45, 7) is 0. The SMILES string of the molecule is NNc1cc(Br)c2nsnc2c1[N+](=O)[O-]. The molecule has 1 aromatic heterocycles. The third-order valence-corrected chi connectivity index (χ3v) is 2.94. The molecule has 0 radical (unpaired) electrons. The van der Waals surface area contributed by atoms with Crippen LogP contribution in [0.1, 0.15) is 0 Å². The molecule has 78 valence electrons. The summed E-state index contributed by atoms with van der Waals surface area (Å²) in [5.74, 6) is 5.20. The van der Waals surface area contributed by atoms with Crippen LogP contribution in [0.15, 0.2) is 10.5 Å². The molecule has 15 heavy (non-hydrogen) atoms. The van der Waals surface area contributed by atoms with Crippen LogP contribution in [0, 0.1) is 10.1 Å². The first-order valence-electron chi connectivity index (χ1n) is 3.71. The van der Waals surface area contributed by atoms with Crippen LogP contribution in [0.3, 0.4) is 0 Å². The lowest BCUT2D eigenvalue weighted by Gasteiger charge is -2.02. The summed E-state index contributed by atoms with van der Waals surface area (Å²) in [5.41, 5.74) is 3.00. The number of hydrogen-bond acceptors (Lipinski definition) is 7. The number of nitrogens with zero attached hydrogens (tertiary/aromatic N) is 3. The van der Waals surface area contributed by atoms with Gasteiger partial charge in [-0.2, -0.15) is 8.75 Å². The molecule has 3 N–H and O–H groups in total. The van der Waals surface area contributed by atoms with Crippen LogP contribution in [-0.4, -0.2) is 13.7 Å². The Labute approximate surface area is 95.9 Å². The molecule has 7 nitrogen and oxygen atoms in total. The van der Waals surface area contributed by atoms with E-state index in [1.807, 2.05) is 0 Å². The van der Waals surface area contributed by atoms with Gasteiger partial charge in [0.05, 0.1) is 16.7 Å². The smallest absolute Gasteiger partial charge is 0.318 e. The Morgan fingerprint density at radius 2 is 2.20 bits per heavy atom. The summed E-state index contributed by atoms with van der Waals surface area (Å²) >= 11 is 4.15. The van der Waals surface area contributed by atoms with Crippen molar-refractivity contribution in [2.24, 2.45) is 5.84 Å². The molecule has 0 saturated carbocycles. The molecule has 1 heterocycles. The number of rotatable bonds is 2. The molecule has 2 aromatic rings. The predicted molar refractivity (Wildman–Crippen MR) is 59.6 cm³/mol. The molecule has 0 aliphatic heterocycles. The maximum absolute atomic E-state index is 10.8. The lowest BCUT2D eigenvalue weighted by Crippen LogP contribution is -2.09. The number of anilines is 1. The van der Waals surface area contributed by atoms with Crippen molar-refractivity contribution in [1.82, 2.24) is 8.75 Å². The second-order valence-corrected chi connectivity index (χ2v) is 4.00. The fraction of sp³-hybridized carbons (Fsp3) is 0. The molecule has 0 atom stereocenters. The minimum Gasteiger partial charge on any atom is -0.318 e. The molecule has 0 amide bonds. The molecule has 0 spiro atoms. The van der Waals surface area contributed by atoms with Crippen molar-refractivity contribution in [3.05, 3.63) is 20.7 Å². The fourth-order valence-corrected chi connectivity index (χ4v) is 2.37. The number of aromatic nitrogens is 2. The molecule has 0 aliphatic rings. The van der Waals surface area contributed by atoms with E-state index in [2.05, 4.69) is 30.1 Å². The van der Waals surface area contributed by atoms with Gasteiger partial charge in [-0.15, -0.1) is 0 Å². The number of nitrogens with two attached hydrogens (primary N) is 1. The monoisotopic (exact) mass is 289 g/mol. The van der Waals surface area contributed by atoms with E-state index in [1.165, 1.54) is 6.07 Å². The van der Waals surface area contributed by atoms with Crippen LogP contribution in [0.5, 0.6) is 0 Å². The first-order chi connectivity index (χ1) is 7.15. The van der Waals surface area contributed by atoms with Crippen LogP contribution in [0.4, 0.5) is 11.4 Å². The van der Waals surface area contributed by atoms with Crippen LogP contribution >= 0.6 is 27.7 Å². The van der Waals surface area contributed by atoms with Crippen LogP contribution in [0.2, 0.25) is 0 Å². The summed E-state index contributed by atoms with van der Waals surface area (Å²) in [7, 11) is 0. The Hall–Kier alpha value is -1.32. The molecule has 0 aliphatic carbocycles. The average molecular weight is 290 g/mol. The van der Waals surface area contributed by atoms with Crippen LogP contribution in [0.25, 0.3) is 11.0 Å². The topological polar surface area (TPSA) is 107 Å². The summed E-state index contributed by atoms with van der Waals surface area (Å²) in [6.07, 6.45) is 0. The van der Waals surface area contributed by atoms with E-state index in [9.17, 15) is 10.1 Å². The number of benzene rings is 1. The third-order valence-electron chi connectivity index (χ3n) is 1.80. The van der Waals surface area contributed by atoms with Crippen molar-refractivity contribution in [3.63, 3.8) is 0 Å². The number of hydrogen-bond donors (Lipinski definition) is 2. The zero-order valence-electron chi connectivity index (χ0n) is 7.10. The van der Waals surface area contributed by atoms with Gasteiger partial charge in [0.1, 0.15) is 11.2 Å². The molecule has 0 saturated heterocycles. The molecular formula is C6H4BrN5O2S. The van der Waals surface area contributed by atoms with Gasteiger partial charge in [0.2, 0.25) is 0 Å². The van der Waals surface area contributed by atoms with Crippen molar-refractivity contribution >= 4 is 50.1 Å². The van der Waals surface area contributed by atoms with Crippen molar-refractivity contribution in [3.8, 4) is 0 Å². The van der Waals surface area contributed by atoms with E-state index in [0.717, 1.165) is 11.7 Å². The summed E-state index contributed by atoms with van der Waals surface area (Å²) in [5, 5.41) is 10.8. The average Bonchev–Trinajstić information content (AvgIpc) is 2.65. The molecule has 2 rings (SSSR count). The van der Waals surface area contributed by atoms with Gasteiger partial charge in [-0.3, -0.25) is 16.0 Å². The number of nitro groups is 1. The van der Waals surface area contributed by atoms with Crippen molar-refractivity contribution in [2.75, 3.05) is 5.43 Å². The van der Waals surface area contributed by atoms with E-state index >= 15 is 0 Å². The standard InChI is InChI=1S/C6H4BrN5O2S/c7-2-1-3(9-8)6(12(13)14)5-4(2)10-15-11-5/h1,9H,8H2. The fourth-order valence-electron chi connectivity index (χ4n) is 1.19. The number of fused-ring (bicyclic) bond motifs is 1. The number of nitro benzene ring substituents is 1. The molecule has 9 heteroatoms. The van der Waals surface area contributed by atoms with E-state index < -0.39 is 4.92 Å². The quantitative estimate of drug-likeness (QED) is 0.494. The van der Waals surface area contributed by atoms with E-state index in [1.54, 1.807) is 0 Å². The van der Waals surface area contributed by atoms with E-state index in [-0.39, 0.29) is 16.9 Å². The molecule has 0 unspecified atom stereocenters. The Balaban J connectivity index is 2.89. The van der Waals surface area contributed by atoms with Crippen LogP contribution in [-0.2, 0) is 0 Å². The highest BCUT2D eigenvalue weighted by Crippen LogP contribution is 2.36. The summed E-state index contributed by atoms with van der Waals surface area (Å²) in [6, 6.07) is 1.50. The zero-order valence-corrected chi connectivity index (χ0v) is 9.50. The van der Waals surface area contributed by atoms with E-state index in [0.29, 0.717) is 9.99 Å². The van der Waals surface area contributed by atoms with Gasteiger partial charge in [-0.05, 0) is 22.0 Å². The third kappa shape index (κ3) is 1.54. The largest absolute Gasteiger partial charge is 0.322 e. The van der Waals surface area contributed by atoms with Gasteiger partial charge in [0.25, 0.3) is 0 Å². The highest BCUT2D eigenvalue weighted by molar-refractivity contribution is 9.10. The van der Waals surface area contributed by atoms with E-state index in [4.69, 9.17) is 5.84 Å². The Morgan fingerprint density at radius 3 is 2.80 bits per heavy atom. The predicted octanol–water partition coefficient (Wildman–Crippen LogP) is 1.65. The minimum absolute atomic E-state index is 0.163. The highest BCUT2D eigenvalue weighted by Gasteiger charge is 2.23. The maximum Gasteiger partial charge on any atom is 0.322 e. The molecule has 0 fully saturated rings. The second-order valence-electron chi connectivity index (χ2n) is 2.62. The van der Waals surface area contributed by atoms with Gasteiger partial charge in [0.15, 0.2) is 5.52 Å². The van der Waals surface area contributed by atoms with Gasteiger partial charge in [-0.25, -0.2) is 0 Å². The Morgan fingerprint density at radius 1 is 1.53 bits per heavy atom. The van der Waals surface area contributed by atoms with Gasteiger partial charge in [-0.1, -0.05) is 0 Å². The molecular weight excluding hydrogens is 286 g/mol. The van der Waals surface area contributed by atoms with Crippen molar-refractivity contribution in [1.29, 1.82) is 0 Å². The molecule has 1 aromatic carbocycles. The van der Waals surface area contributed by atoms with Crippen molar-refractivity contribution < 1.29 is 4.92 Å². The first kappa shape index (κ1) is 10.2.